The number of carbonyl (C=O) groups excluding carboxylic acids is 1. The van der Waals surface area contributed by atoms with E-state index in [-0.39, 0.29) is 5.91 Å². The topological polar surface area (TPSA) is 55.1 Å². The van der Waals surface area contributed by atoms with Gasteiger partial charge in [0.15, 0.2) is 0 Å². The maximum Gasteiger partial charge on any atom is 0.218 e. The van der Waals surface area contributed by atoms with Crippen LogP contribution in [0, 0.1) is 5.92 Å². The fourth-order valence-corrected chi connectivity index (χ4v) is 4.37. The van der Waals surface area contributed by atoms with E-state index >= 15 is 0 Å². The van der Waals surface area contributed by atoms with E-state index in [9.17, 15) is 4.79 Å². The van der Waals surface area contributed by atoms with E-state index in [2.05, 4.69) is 5.32 Å². The van der Waals surface area contributed by atoms with Crippen LogP contribution in [-0.2, 0) is 4.79 Å². The van der Waals surface area contributed by atoms with Gasteiger partial charge in [0.1, 0.15) is 0 Å². The monoisotopic (exact) mass is 270 g/mol. The Hall–Kier alpha value is -0.220. The maximum atomic E-state index is 11.3. The molecule has 4 heteroatoms. The van der Waals surface area contributed by atoms with Gasteiger partial charge in [-0.3, -0.25) is 4.79 Å². The zero-order chi connectivity index (χ0) is 12.8. The number of thioether (sulfide) groups is 1. The van der Waals surface area contributed by atoms with Crippen LogP contribution in [0.1, 0.15) is 51.4 Å². The highest BCUT2D eigenvalue weighted by atomic mass is 32.2. The Morgan fingerprint density at radius 3 is 2.61 bits per heavy atom. The Bertz CT molecular complexity index is 261. The average Bonchev–Trinajstić information content (AvgIpc) is 2.40. The summed E-state index contributed by atoms with van der Waals surface area (Å²) in [7, 11) is 0. The van der Waals surface area contributed by atoms with Crippen molar-refractivity contribution in [3.8, 4) is 0 Å². The van der Waals surface area contributed by atoms with Crippen molar-refractivity contribution in [2.24, 2.45) is 11.7 Å². The summed E-state index contributed by atoms with van der Waals surface area (Å²) in [5.41, 5.74) is 5.42. The summed E-state index contributed by atoms with van der Waals surface area (Å²) in [6.07, 6.45) is 9.62. The number of hydrogen-bond acceptors (Lipinski definition) is 3. The number of nitrogens with two attached hydrogens (primary N) is 1. The molecular weight excluding hydrogens is 244 g/mol. The molecule has 0 spiro atoms. The van der Waals surface area contributed by atoms with Gasteiger partial charge in [-0.15, -0.1) is 0 Å². The SMILES string of the molecule is NC(=O)C[C@@H](N[C@H]1CCCSC1)C1CCCCC1. The van der Waals surface area contributed by atoms with Crippen molar-refractivity contribution in [3.63, 3.8) is 0 Å². The van der Waals surface area contributed by atoms with Crippen molar-refractivity contribution in [2.75, 3.05) is 11.5 Å². The van der Waals surface area contributed by atoms with Crippen molar-refractivity contribution in [3.05, 3.63) is 0 Å². The second kappa shape index (κ2) is 7.39. The van der Waals surface area contributed by atoms with E-state index in [0.717, 1.165) is 0 Å². The number of hydrogen-bond donors (Lipinski definition) is 2. The zero-order valence-electron chi connectivity index (χ0n) is 11.2. The second-order valence-electron chi connectivity index (χ2n) is 5.76. The maximum absolute atomic E-state index is 11.3. The van der Waals surface area contributed by atoms with Gasteiger partial charge in [-0.05, 0) is 37.4 Å². The molecular formula is C14H26N2OS. The molecule has 1 amide bonds. The third-order valence-electron chi connectivity index (χ3n) is 4.25. The summed E-state index contributed by atoms with van der Waals surface area (Å²) in [4.78, 5) is 11.3. The number of amides is 1. The third kappa shape index (κ3) is 4.47. The van der Waals surface area contributed by atoms with Crippen LogP contribution >= 0.6 is 11.8 Å². The standard InChI is InChI=1S/C14H26N2OS/c15-14(17)9-13(11-5-2-1-3-6-11)16-12-7-4-8-18-10-12/h11-13,16H,1-10H2,(H2,15,17)/t12-,13+/m0/s1. The Morgan fingerprint density at radius 1 is 1.22 bits per heavy atom. The number of primary amides is 1. The minimum atomic E-state index is -0.151. The second-order valence-corrected chi connectivity index (χ2v) is 6.91. The Morgan fingerprint density at radius 2 is 2.00 bits per heavy atom. The third-order valence-corrected chi connectivity index (χ3v) is 5.47. The van der Waals surface area contributed by atoms with E-state index in [1.807, 2.05) is 11.8 Å². The van der Waals surface area contributed by atoms with Gasteiger partial charge in [-0.1, -0.05) is 19.3 Å². The summed E-state index contributed by atoms with van der Waals surface area (Å²) in [6, 6.07) is 0.918. The first-order chi connectivity index (χ1) is 8.75. The molecule has 2 rings (SSSR count). The van der Waals surface area contributed by atoms with Gasteiger partial charge in [-0.25, -0.2) is 0 Å². The van der Waals surface area contributed by atoms with Gasteiger partial charge in [0.2, 0.25) is 5.91 Å². The van der Waals surface area contributed by atoms with Gasteiger partial charge in [-0.2, -0.15) is 11.8 Å². The number of nitrogens with one attached hydrogen (secondary N) is 1. The summed E-state index contributed by atoms with van der Waals surface area (Å²) < 4.78 is 0. The lowest BCUT2D eigenvalue weighted by Crippen LogP contribution is -2.47. The highest BCUT2D eigenvalue weighted by Crippen LogP contribution is 2.29. The molecule has 1 saturated heterocycles. The van der Waals surface area contributed by atoms with E-state index in [1.165, 1.54) is 56.5 Å². The predicted molar refractivity (Wildman–Crippen MR) is 77.7 cm³/mol. The molecule has 104 valence electrons. The van der Waals surface area contributed by atoms with Crippen LogP contribution in [0.3, 0.4) is 0 Å². The molecule has 2 fully saturated rings. The molecule has 1 aliphatic heterocycles. The van der Waals surface area contributed by atoms with Crippen LogP contribution in [0.2, 0.25) is 0 Å². The van der Waals surface area contributed by atoms with Crippen molar-refractivity contribution in [1.82, 2.24) is 5.32 Å². The minimum Gasteiger partial charge on any atom is -0.370 e. The molecule has 0 aromatic heterocycles. The summed E-state index contributed by atoms with van der Waals surface area (Å²) in [5.74, 6) is 3.00. The van der Waals surface area contributed by atoms with Crippen LogP contribution in [-0.4, -0.2) is 29.5 Å². The quantitative estimate of drug-likeness (QED) is 0.806. The molecule has 3 N–H and O–H groups in total. The smallest absolute Gasteiger partial charge is 0.218 e. The summed E-state index contributed by atoms with van der Waals surface area (Å²) in [6.45, 7) is 0. The molecule has 0 aromatic rings. The van der Waals surface area contributed by atoms with Gasteiger partial charge in [0.05, 0.1) is 0 Å². The summed E-state index contributed by atoms with van der Waals surface area (Å²) >= 11 is 2.03. The number of carbonyl (C=O) groups is 1. The fourth-order valence-electron chi connectivity index (χ4n) is 3.29. The van der Waals surface area contributed by atoms with Gasteiger partial charge in [0.25, 0.3) is 0 Å². The zero-order valence-corrected chi connectivity index (χ0v) is 12.0. The van der Waals surface area contributed by atoms with Crippen LogP contribution in [0.4, 0.5) is 0 Å². The Balaban J connectivity index is 1.88. The van der Waals surface area contributed by atoms with Crippen molar-refractivity contribution < 1.29 is 4.79 Å². The van der Waals surface area contributed by atoms with Crippen molar-refractivity contribution >= 4 is 17.7 Å². The molecule has 0 unspecified atom stereocenters. The lowest BCUT2D eigenvalue weighted by atomic mass is 9.82. The average molecular weight is 270 g/mol. The molecule has 0 aromatic carbocycles. The molecule has 2 aliphatic rings. The van der Waals surface area contributed by atoms with Crippen molar-refractivity contribution in [1.29, 1.82) is 0 Å². The largest absolute Gasteiger partial charge is 0.370 e. The van der Waals surface area contributed by atoms with Crippen molar-refractivity contribution in [2.45, 2.75) is 63.5 Å². The highest BCUT2D eigenvalue weighted by molar-refractivity contribution is 7.99. The van der Waals surface area contributed by atoms with E-state index in [1.54, 1.807) is 0 Å². The first kappa shape index (κ1) is 14.2. The van der Waals surface area contributed by atoms with Crippen LogP contribution in [0.25, 0.3) is 0 Å². The molecule has 0 bridgehead atoms. The van der Waals surface area contributed by atoms with E-state index in [4.69, 9.17) is 5.73 Å². The lowest BCUT2D eigenvalue weighted by Gasteiger charge is -2.34. The van der Waals surface area contributed by atoms with Gasteiger partial charge >= 0.3 is 0 Å². The van der Waals surface area contributed by atoms with E-state index < -0.39 is 0 Å². The Labute approximate surface area is 115 Å². The predicted octanol–water partition coefficient (Wildman–Crippen LogP) is 2.30. The van der Waals surface area contributed by atoms with Crippen LogP contribution < -0.4 is 11.1 Å². The van der Waals surface area contributed by atoms with Gasteiger partial charge < -0.3 is 11.1 Å². The minimum absolute atomic E-state index is 0.151. The van der Waals surface area contributed by atoms with Crippen LogP contribution in [0.15, 0.2) is 0 Å². The normalized spacial score (nSPS) is 27.9. The van der Waals surface area contributed by atoms with Crippen LogP contribution in [0.5, 0.6) is 0 Å². The molecule has 2 atom stereocenters. The lowest BCUT2D eigenvalue weighted by molar-refractivity contribution is -0.118. The first-order valence-corrected chi connectivity index (χ1v) is 8.53. The molecule has 0 radical (unpaired) electrons. The Kier molecular flexibility index (Phi) is 5.83. The first-order valence-electron chi connectivity index (χ1n) is 7.38. The van der Waals surface area contributed by atoms with E-state index in [0.29, 0.717) is 24.4 Å². The molecule has 18 heavy (non-hydrogen) atoms. The highest BCUT2D eigenvalue weighted by Gasteiger charge is 2.27. The summed E-state index contributed by atoms with van der Waals surface area (Å²) in [5, 5.41) is 3.74. The molecule has 1 aliphatic carbocycles. The molecule has 1 heterocycles. The van der Waals surface area contributed by atoms with Gasteiger partial charge in [0, 0.05) is 24.3 Å². The molecule has 3 nitrogen and oxygen atoms in total. The molecule has 1 saturated carbocycles. The number of rotatable bonds is 5. The fraction of sp³-hybridized carbons (Fsp3) is 0.929.